The molecule has 2 unspecified atom stereocenters. The molecule has 100 valence electrons. The highest BCUT2D eigenvalue weighted by atomic mass is 16.6. The number of piperidine rings is 1. The van der Waals surface area contributed by atoms with E-state index >= 15 is 0 Å². The Morgan fingerprint density at radius 2 is 2.21 bits per heavy atom. The topological polar surface area (TPSA) is 63.5 Å². The van der Waals surface area contributed by atoms with E-state index < -0.39 is 4.92 Å². The molecule has 0 amide bonds. The van der Waals surface area contributed by atoms with E-state index in [1.54, 1.807) is 12.1 Å². The van der Waals surface area contributed by atoms with E-state index in [2.05, 4.69) is 4.90 Å². The number of Topliss-reactive ketones (excluding diaryl/α,β-unsaturated/α-hetero) is 1. The molecule has 2 fully saturated rings. The summed E-state index contributed by atoms with van der Waals surface area (Å²) in [6.45, 7) is 2.35. The van der Waals surface area contributed by atoms with E-state index in [9.17, 15) is 14.9 Å². The van der Waals surface area contributed by atoms with Crippen LogP contribution in [-0.2, 0) is 0 Å². The van der Waals surface area contributed by atoms with Crippen LogP contribution in [0.1, 0.15) is 36.5 Å². The zero-order valence-corrected chi connectivity index (χ0v) is 10.8. The minimum absolute atomic E-state index is 0.0761. The molecule has 1 saturated carbocycles. The van der Waals surface area contributed by atoms with Crippen molar-refractivity contribution in [3.63, 3.8) is 0 Å². The molecule has 0 aromatic heterocycles. The van der Waals surface area contributed by atoms with Gasteiger partial charge < -0.3 is 4.90 Å². The molecule has 0 spiro atoms. The van der Waals surface area contributed by atoms with E-state index in [0.717, 1.165) is 18.2 Å². The SMILES string of the molecule is CC(=O)c1ccc(N2CC3CCC2C3)cc1[N+](=O)[O-]. The monoisotopic (exact) mass is 260 g/mol. The molecular weight excluding hydrogens is 244 g/mol. The van der Waals surface area contributed by atoms with Crippen molar-refractivity contribution in [2.45, 2.75) is 32.2 Å². The molecule has 3 rings (SSSR count). The number of anilines is 1. The van der Waals surface area contributed by atoms with Crippen molar-refractivity contribution in [3.05, 3.63) is 33.9 Å². The van der Waals surface area contributed by atoms with Crippen LogP contribution in [0, 0.1) is 16.0 Å². The lowest BCUT2D eigenvalue weighted by Crippen LogP contribution is -2.31. The summed E-state index contributed by atoms with van der Waals surface area (Å²) in [6, 6.07) is 5.50. The third-order valence-corrected chi connectivity index (χ3v) is 4.30. The Labute approximate surface area is 111 Å². The molecule has 1 aromatic carbocycles. The summed E-state index contributed by atoms with van der Waals surface area (Å²) in [5.74, 6) is 0.470. The number of carbonyl (C=O) groups excluding carboxylic acids is 1. The summed E-state index contributed by atoms with van der Waals surface area (Å²) in [7, 11) is 0. The van der Waals surface area contributed by atoms with Crippen LogP contribution in [0.25, 0.3) is 0 Å². The normalized spacial score (nSPS) is 24.8. The molecule has 2 bridgehead atoms. The van der Waals surface area contributed by atoms with Crippen LogP contribution in [0.2, 0.25) is 0 Å². The molecule has 1 aliphatic carbocycles. The second kappa shape index (κ2) is 4.33. The van der Waals surface area contributed by atoms with E-state index in [1.807, 2.05) is 6.07 Å². The summed E-state index contributed by atoms with van der Waals surface area (Å²) in [5, 5.41) is 11.1. The molecule has 5 nitrogen and oxygen atoms in total. The number of benzene rings is 1. The third kappa shape index (κ3) is 1.99. The van der Waals surface area contributed by atoms with Crippen molar-refractivity contribution in [2.75, 3.05) is 11.4 Å². The van der Waals surface area contributed by atoms with Crippen molar-refractivity contribution in [1.82, 2.24) is 0 Å². The zero-order chi connectivity index (χ0) is 13.6. The van der Waals surface area contributed by atoms with Crippen LogP contribution >= 0.6 is 0 Å². The number of carbonyl (C=O) groups is 1. The minimum atomic E-state index is -0.464. The van der Waals surface area contributed by atoms with Gasteiger partial charge in [-0.25, -0.2) is 0 Å². The summed E-state index contributed by atoms with van der Waals surface area (Å²) >= 11 is 0. The fourth-order valence-corrected chi connectivity index (χ4v) is 3.39. The van der Waals surface area contributed by atoms with Crippen molar-refractivity contribution >= 4 is 17.2 Å². The van der Waals surface area contributed by atoms with Gasteiger partial charge in [0.15, 0.2) is 5.78 Å². The highest BCUT2D eigenvalue weighted by Crippen LogP contribution is 2.41. The third-order valence-electron chi connectivity index (χ3n) is 4.30. The summed E-state index contributed by atoms with van der Waals surface area (Å²) < 4.78 is 0. The van der Waals surface area contributed by atoms with Crippen LogP contribution in [-0.4, -0.2) is 23.3 Å². The summed E-state index contributed by atoms with van der Waals surface area (Å²) in [5.41, 5.74) is 0.995. The number of ketones is 1. The van der Waals surface area contributed by atoms with Crippen molar-refractivity contribution in [3.8, 4) is 0 Å². The van der Waals surface area contributed by atoms with E-state index in [1.165, 1.54) is 26.2 Å². The lowest BCUT2D eigenvalue weighted by Gasteiger charge is -2.29. The van der Waals surface area contributed by atoms with Crippen LogP contribution < -0.4 is 4.90 Å². The van der Waals surface area contributed by atoms with Crippen molar-refractivity contribution in [2.24, 2.45) is 5.92 Å². The van der Waals surface area contributed by atoms with Crippen LogP contribution in [0.3, 0.4) is 0 Å². The average molecular weight is 260 g/mol. The number of fused-ring (bicyclic) bond motifs is 2. The van der Waals surface area contributed by atoms with Gasteiger partial charge in [-0.2, -0.15) is 0 Å². The Morgan fingerprint density at radius 3 is 2.74 bits per heavy atom. The number of nitro benzene ring substituents is 1. The van der Waals surface area contributed by atoms with Crippen molar-refractivity contribution in [1.29, 1.82) is 0 Å². The van der Waals surface area contributed by atoms with Gasteiger partial charge in [-0.1, -0.05) is 0 Å². The predicted molar refractivity (Wildman–Crippen MR) is 71.6 cm³/mol. The molecule has 1 aromatic rings. The van der Waals surface area contributed by atoms with E-state index in [4.69, 9.17) is 0 Å². The molecule has 0 radical (unpaired) electrons. The lowest BCUT2D eigenvalue weighted by molar-refractivity contribution is -0.385. The molecule has 2 aliphatic rings. The number of hydrogen-bond donors (Lipinski definition) is 0. The Hall–Kier alpha value is -1.91. The molecule has 5 heteroatoms. The standard InChI is InChI=1S/C14H16N2O3/c1-9(17)13-5-4-12(7-14(13)16(18)19)15-8-10-2-3-11(15)6-10/h4-5,7,10-11H,2-3,6,8H2,1H3. The first kappa shape index (κ1) is 12.1. The molecule has 0 N–H and O–H groups in total. The molecule has 19 heavy (non-hydrogen) atoms. The van der Waals surface area contributed by atoms with Crippen LogP contribution in [0.5, 0.6) is 0 Å². The number of hydrogen-bond acceptors (Lipinski definition) is 4. The fourth-order valence-electron chi connectivity index (χ4n) is 3.39. The minimum Gasteiger partial charge on any atom is -0.368 e. The van der Waals surface area contributed by atoms with Crippen LogP contribution in [0.15, 0.2) is 18.2 Å². The van der Waals surface area contributed by atoms with Gasteiger partial charge in [0.2, 0.25) is 0 Å². The maximum Gasteiger partial charge on any atom is 0.282 e. The van der Waals surface area contributed by atoms with Gasteiger partial charge in [0.1, 0.15) is 0 Å². The highest BCUT2D eigenvalue weighted by Gasteiger charge is 2.38. The molecule has 1 saturated heterocycles. The van der Waals surface area contributed by atoms with Gasteiger partial charge in [0.25, 0.3) is 5.69 Å². The van der Waals surface area contributed by atoms with E-state index in [-0.39, 0.29) is 17.0 Å². The highest BCUT2D eigenvalue weighted by molar-refractivity contribution is 5.98. The maximum absolute atomic E-state index is 11.4. The fraction of sp³-hybridized carbons (Fsp3) is 0.500. The second-order valence-corrected chi connectivity index (χ2v) is 5.50. The lowest BCUT2D eigenvalue weighted by atomic mass is 10.1. The van der Waals surface area contributed by atoms with Gasteiger partial charge >= 0.3 is 0 Å². The molecule has 1 heterocycles. The number of rotatable bonds is 3. The first-order valence-corrected chi connectivity index (χ1v) is 6.62. The first-order chi connectivity index (χ1) is 9.06. The molecule has 1 aliphatic heterocycles. The van der Waals surface area contributed by atoms with Crippen LogP contribution in [0.4, 0.5) is 11.4 Å². The quantitative estimate of drug-likeness (QED) is 0.476. The number of nitro groups is 1. The maximum atomic E-state index is 11.4. The number of nitrogens with zero attached hydrogens (tertiary/aromatic N) is 2. The summed E-state index contributed by atoms with van der Waals surface area (Å²) in [4.78, 5) is 24.3. The van der Waals surface area contributed by atoms with Gasteiger partial charge in [-0.15, -0.1) is 0 Å². The smallest absolute Gasteiger partial charge is 0.282 e. The average Bonchev–Trinajstić information content (AvgIpc) is 3.00. The predicted octanol–water partition coefficient (Wildman–Crippen LogP) is 2.79. The zero-order valence-electron chi connectivity index (χ0n) is 10.8. The second-order valence-electron chi connectivity index (χ2n) is 5.50. The molecule has 2 atom stereocenters. The van der Waals surface area contributed by atoms with Gasteiger partial charge in [0.05, 0.1) is 10.5 Å². The van der Waals surface area contributed by atoms with Crippen molar-refractivity contribution < 1.29 is 9.72 Å². The largest absolute Gasteiger partial charge is 0.368 e. The van der Waals surface area contributed by atoms with Gasteiger partial charge in [-0.3, -0.25) is 14.9 Å². The van der Waals surface area contributed by atoms with E-state index in [0.29, 0.717) is 6.04 Å². The molecular formula is C14H16N2O3. The Balaban J connectivity index is 1.97. The Morgan fingerprint density at radius 1 is 1.42 bits per heavy atom. The van der Waals surface area contributed by atoms with Gasteiger partial charge in [0, 0.05) is 24.3 Å². The van der Waals surface area contributed by atoms with Gasteiger partial charge in [-0.05, 0) is 44.2 Å². The Bertz CT molecular complexity index is 556. The first-order valence-electron chi connectivity index (χ1n) is 6.62. The Kier molecular flexibility index (Phi) is 2.77. The summed E-state index contributed by atoms with van der Waals surface area (Å²) in [6.07, 6.45) is 3.64.